The summed E-state index contributed by atoms with van der Waals surface area (Å²) in [5.41, 5.74) is 4.80. The number of halogens is 3. The number of amides is 1. The van der Waals surface area contributed by atoms with Crippen molar-refractivity contribution in [3.05, 3.63) is 29.3 Å². The van der Waals surface area contributed by atoms with Gasteiger partial charge in [-0.15, -0.1) is 0 Å². The SMILES string of the molecule is CCN(C(=O)c1cc(C(F)(F)F)ccc1N)C1CC1. The smallest absolute Gasteiger partial charge is 0.398 e. The van der Waals surface area contributed by atoms with Gasteiger partial charge in [0.1, 0.15) is 0 Å². The van der Waals surface area contributed by atoms with Gasteiger partial charge in [0.05, 0.1) is 11.1 Å². The maximum absolute atomic E-state index is 12.7. The van der Waals surface area contributed by atoms with Crippen molar-refractivity contribution in [1.29, 1.82) is 0 Å². The number of hydrogen-bond acceptors (Lipinski definition) is 2. The zero-order valence-electron chi connectivity index (χ0n) is 10.5. The van der Waals surface area contributed by atoms with Crippen LogP contribution in [0.1, 0.15) is 35.7 Å². The molecule has 1 fully saturated rings. The van der Waals surface area contributed by atoms with Crippen LogP contribution in [0, 0.1) is 0 Å². The zero-order valence-corrected chi connectivity index (χ0v) is 10.5. The van der Waals surface area contributed by atoms with E-state index in [1.807, 2.05) is 0 Å². The van der Waals surface area contributed by atoms with Crippen molar-refractivity contribution in [2.75, 3.05) is 12.3 Å². The fraction of sp³-hybridized carbons (Fsp3) is 0.462. The third-order valence-corrected chi connectivity index (χ3v) is 3.20. The second-order valence-corrected chi connectivity index (χ2v) is 4.62. The van der Waals surface area contributed by atoms with E-state index in [4.69, 9.17) is 5.73 Å². The van der Waals surface area contributed by atoms with Gasteiger partial charge < -0.3 is 10.6 Å². The molecule has 0 spiro atoms. The first-order chi connectivity index (χ1) is 8.84. The Kier molecular flexibility index (Phi) is 3.43. The van der Waals surface area contributed by atoms with E-state index in [1.54, 1.807) is 11.8 Å². The van der Waals surface area contributed by atoms with Crippen LogP contribution < -0.4 is 5.73 Å². The molecule has 1 aliphatic rings. The molecule has 1 aromatic rings. The van der Waals surface area contributed by atoms with Gasteiger partial charge >= 0.3 is 6.18 Å². The van der Waals surface area contributed by atoms with E-state index in [0.29, 0.717) is 6.54 Å². The number of benzene rings is 1. The highest BCUT2D eigenvalue weighted by Gasteiger charge is 2.35. The molecule has 1 aliphatic carbocycles. The lowest BCUT2D eigenvalue weighted by molar-refractivity contribution is -0.137. The molecule has 2 rings (SSSR count). The van der Waals surface area contributed by atoms with Gasteiger partial charge in [0, 0.05) is 18.3 Å². The van der Waals surface area contributed by atoms with E-state index in [2.05, 4.69) is 0 Å². The third kappa shape index (κ3) is 2.83. The van der Waals surface area contributed by atoms with Crippen LogP contribution in [0.4, 0.5) is 18.9 Å². The van der Waals surface area contributed by atoms with Crippen molar-refractivity contribution >= 4 is 11.6 Å². The van der Waals surface area contributed by atoms with E-state index in [1.165, 1.54) is 0 Å². The molecule has 19 heavy (non-hydrogen) atoms. The van der Waals surface area contributed by atoms with Crippen LogP contribution in [-0.2, 0) is 6.18 Å². The van der Waals surface area contributed by atoms with E-state index < -0.39 is 17.6 Å². The van der Waals surface area contributed by atoms with E-state index in [-0.39, 0.29) is 17.3 Å². The summed E-state index contributed by atoms with van der Waals surface area (Å²) < 4.78 is 38.0. The van der Waals surface area contributed by atoms with Gasteiger partial charge in [-0.3, -0.25) is 4.79 Å². The second kappa shape index (κ2) is 4.75. The largest absolute Gasteiger partial charge is 0.416 e. The van der Waals surface area contributed by atoms with Crippen molar-refractivity contribution in [1.82, 2.24) is 4.90 Å². The Balaban J connectivity index is 2.35. The standard InChI is InChI=1S/C13H15F3N2O/c1-2-18(9-4-5-9)12(19)10-7-8(13(14,15)16)3-6-11(10)17/h3,6-7,9H,2,4-5,17H2,1H3. The highest BCUT2D eigenvalue weighted by atomic mass is 19.4. The van der Waals surface area contributed by atoms with Crippen molar-refractivity contribution in [3.8, 4) is 0 Å². The molecule has 1 saturated carbocycles. The number of nitrogens with two attached hydrogens (primary N) is 1. The third-order valence-electron chi connectivity index (χ3n) is 3.20. The van der Waals surface area contributed by atoms with E-state index in [0.717, 1.165) is 31.0 Å². The maximum Gasteiger partial charge on any atom is 0.416 e. The van der Waals surface area contributed by atoms with Crippen molar-refractivity contribution in [2.24, 2.45) is 0 Å². The fourth-order valence-corrected chi connectivity index (χ4v) is 2.03. The summed E-state index contributed by atoms with van der Waals surface area (Å²) >= 11 is 0. The molecule has 0 saturated heterocycles. The molecule has 0 bridgehead atoms. The summed E-state index contributed by atoms with van der Waals surface area (Å²) in [5.74, 6) is -0.423. The normalized spacial score (nSPS) is 15.4. The fourth-order valence-electron chi connectivity index (χ4n) is 2.03. The predicted molar refractivity (Wildman–Crippen MR) is 65.6 cm³/mol. The van der Waals surface area contributed by atoms with Crippen LogP contribution in [0.15, 0.2) is 18.2 Å². The van der Waals surface area contributed by atoms with Gasteiger partial charge in [-0.2, -0.15) is 13.2 Å². The molecule has 104 valence electrons. The summed E-state index contributed by atoms with van der Waals surface area (Å²) in [4.78, 5) is 13.8. The lowest BCUT2D eigenvalue weighted by Gasteiger charge is -2.21. The first kappa shape index (κ1) is 13.7. The van der Waals surface area contributed by atoms with Crippen molar-refractivity contribution < 1.29 is 18.0 Å². The molecule has 2 N–H and O–H groups in total. The highest BCUT2D eigenvalue weighted by molar-refractivity contribution is 5.99. The number of nitrogen functional groups attached to an aromatic ring is 1. The summed E-state index contributed by atoms with van der Waals surface area (Å²) in [6.07, 6.45) is -2.67. The Bertz CT molecular complexity index is 495. The van der Waals surface area contributed by atoms with Crippen LogP contribution in [0.5, 0.6) is 0 Å². The maximum atomic E-state index is 12.7. The number of hydrogen-bond donors (Lipinski definition) is 1. The molecular formula is C13H15F3N2O. The van der Waals surface area contributed by atoms with Crippen LogP contribution >= 0.6 is 0 Å². The molecule has 0 unspecified atom stereocenters. The van der Waals surface area contributed by atoms with Crippen LogP contribution in [0.25, 0.3) is 0 Å². The Morgan fingerprint density at radius 3 is 2.53 bits per heavy atom. The molecule has 0 heterocycles. The molecular weight excluding hydrogens is 257 g/mol. The monoisotopic (exact) mass is 272 g/mol. The van der Waals surface area contributed by atoms with Crippen LogP contribution in [-0.4, -0.2) is 23.4 Å². The number of rotatable bonds is 3. The number of carbonyl (C=O) groups is 1. The lowest BCUT2D eigenvalue weighted by Crippen LogP contribution is -2.33. The Morgan fingerprint density at radius 1 is 1.42 bits per heavy atom. The minimum atomic E-state index is -4.47. The van der Waals surface area contributed by atoms with Gasteiger partial charge in [-0.1, -0.05) is 0 Å². The van der Waals surface area contributed by atoms with Gasteiger partial charge in [0.2, 0.25) is 0 Å². The first-order valence-corrected chi connectivity index (χ1v) is 6.12. The Morgan fingerprint density at radius 2 is 2.05 bits per heavy atom. The topological polar surface area (TPSA) is 46.3 Å². The molecule has 6 heteroatoms. The minimum absolute atomic E-state index is 0.0661. The van der Waals surface area contributed by atoms with Crippen molar-refractivity contribution in [3.63, 3.8) is 0 Å². The van der Waals surface area contributed by atoms with Gasteiger partial charge in [-0.05, 0) is 38.0 Å². The Labute approximate surface area is 109 Å². The number of nitrogens with zero attached hydrogens (tertiary/aromatic N) is 1. The molecule has 1 aromatic carbocycles. The number of alkyl halides is 3. The van der Waals surface area contributed by atoms with Gasteiger partial charge in [-0.25, -0.2) is 0 Å². The molecule has 0 aliphatic heterocycles. The quantitative estimate of drug-likeness (QED) is 0.860. The van der Waals surface area contributed by atoms with Gasteiger partial charge in [0.25, 0.3) is 5.91 Å². The summed E-state index contributed by atoms with van der Waals surface area (Å²) in [6.45, 7) is 2.28. The summed E-state index contributed by atoms with van der Waals surface area (Å²) in [5, 5.41) is 0. The minimum Gasteiger partial charge on any atom is -0.398 e. The molecule has 0 atom stereocenters. The van der Waals surface area contributed by atoms with E-state index >= 15 is 0 Å². The van der Waals surface area contributed by atoms with Gasteiger partial charge in [0.15, 0.2) is 0 Å². The van der Waals surface area contributed by atoms with Crippen molar-refractivity contribution in [2.45, 2.75) is 32.0 Å². The predicted octanol–water partition coefficient (Wildman–Crippen LogP) is 2.91. The average Bonchev–Trinajstić information content (AvgIpc) is 3.13. The molecule has 0 radical (unpaired) electrons. The molecule has 1 amide bonds. The van der Waals surface area contributed by atoms with Crippen LogP contribution in [0.2, 0.25) is 0 Å². The van der Waals surface area contributed by atoms with Crippen LogP contribution in [0.3, 0.4) is 0 Å². The Hall–Kier alpha value is -1.72. The lowest BCUT2D eigenvalue weighted by atomic mass is 10.1. The second-order valence-electron chi connectivity index (χ2n) is 4.62. The number of carbonyl (C=O) groups excluding carboxylic acids is 1. The van der Waals surface area contributed by atoms with E-state index in [9.17, 15) is 18.0 Å². The zero-order chi connectivity index (χ0) is 14.2. The average molecular weight is 272 g/mol. The summed E-state index contributed by atoms with van der Waals surface area (Å²) in [6, 6.07) is 3.00. The summed E-state index contributed by atoms with van der Waals surface area (Å²) in [7, 11) is 0. The highest BCUT2D eigenvalue weighted by Crippen LogP contribution is 2.33. The molecule has 3 nitrogen and oxygen atoms in total. The number of anilines is 1. The molecule has 0 aromatic heterocycles. The first-order valence-electron chi connectivity index (χ1n) is 6.12.